The highest BCUT2D eigenvalue weighted by Crippen LogP contribution is 2.43. The Morgan fingerprint density at radius 3 is 2.70 bits per heavy atom. The molecule has 1 aromatic carbocycles. The molecule has 0 unspecified atom stereocenters. The molecule has 0 aliphatic heterocycles. The van der Waals surface area contributed by atoms with Crippen LogP contribution < -0.4 is 5.32 Å². The Hall–Kier alpha value is -3.25. The normalized spacial score (nSPS) is 14.6. The molecule has 0 radical (unpaired) electrons. The van der Waals surface area contributed by atoms with Crippen LogP contribution in [-0.4, -0.2) is 20.9 Å². The number of thiophene rings is 1. The summed E-state index contributed by atoms with van der Waals surface area (Å²) in [5.74, 6) is 0. The highest BCUT2D eigenvalue weighted by atomic mass is 32.1. The van der Waals surface area contributed by atoms with Gasteiger partial charge in [-0.2, -0.15) is 0 Å². The van der Waals surface area contributed by atoms with E-state index in [1.54, 1.807) is 11.3 Å². The Bertz CT molecular complexity index is 1170. The molecule has 0 spiro atoms. The van der Waals surface area contributed by atoms with Gasteiger partial charge in [0.25, 0.3) is 0 Å². The predicted molar refractivity (Wildman–Crippen MR) is 109 cm³/mol. The molecule has 0 bridgehead atoms. The molecule has 0 saturated heterocycles. The lowest BCUT2D eigenvalue weighted by atomic mass is 10.1. The fourth-order valence-electron chi connectivity index (χ4n) is 3.58. The summed E-state index contributed by atoms with van der Waals surface area (Å²) in [5.41, 5.74) is 6.25. The predicted octanol–water partition coefficient (Wildman–Crippen LogP) is 5.23. The first-order chi connectivity index (χ1) is 13.3. The molecular formula is C21H16N4OS. The molecule has 27 heavy (non-hydrogen) atoms. The highest BCUT2D eigenvalue weighted by molar-refractivity contribution is 7.23. The molecule has 3 aromatic heterocycles. The minimum absolute atomic E-state index is 0.765. The standard InChI is InChI=1S/C21H16N4OS/c26-25-18-4-1-14-11-15(2-3-16(14)18)24-20-17-7-10-23-12-19(17)27-21(20)13-5-8-22-9-6-13/h2-3,5-12,24,26H,1,4H2/b25-18+. The van der Waals surface area contributed by atoms with Gasteiger partial charge in [-0.1, -0.05) is 11.2 Å². The van der Waals surface area contributed by atoms with Crippen molar-refractivity contribution in [2.75, 3.05) is 5.32 Å². The number of nitrogens with one attached hydrogen (secondary N) is 1. The second kappa shape index (κ2) is 6.48. The van der Waals surface area contributed by atoms with Crippen molar-refractivity contribution in [3.63, 3.8) is 0 Å². The molecule has 0 fully saturated rings. The van der Waals surface area contributed by atoms with E-state index < -0.39 is 0 Å². The summed E-state index contributed by atoms with van der Waals surface area (Å²) in [6.07, 6.45) is 9.03. The lowest BCUT2D eigenvalue weighted by Gasteiger charge is -2.10. The van der Waals surface area contributed by atoms with Crippen LogP contribution in [0.2, 0.25) is 0 Å². The largest absolute Gasteiger partial charge is 0.411 e. The van der Waals surface area contributed by atoms with Crippen LogP contribution >= 0.6 is 11.3 Å². The van der Waals surface area contributed by atoms with Crippen molar-refractivity contribution >= 4 is 38.5 Å². The van der Waals surface area contributed by atoms with E-state index in [4.69, 9.17) is 5.21 Å². The monoisotopic (exact) mass is 372 g/mol. The van der Waals surface area contributed by atoms with Gasteiger partial charge in [0.15, 0.2) is 0 Å². The zero-order valence-corrected chi connectivity index (χ0v) is 15.2. The van der Waals surface area contributed by atoms with E-state index in [1.807, 2.05) is 55.1 Å². The number of oxime groups is 1. The molecule has 0 atom stereocenters. The summed E-state index contributed by atoms with van der Waals surface area (Å²) in [7, 11) is 0. The average molecular weight is 372 g/mol. The van der Waals surface area contributed by atoms with Crippen LogP contribution in [0, 0.1) is 0 Å². The molecule has 6 heteroatoms. The number of pyridine rings is 2. The Kier molecular flexibility index (Phi) is 3.83. The summed E-state index contributed by atoms with van der Waals surface area (Å²) < 4.78 is 1.14. The maximum atomic E-state index is 9.13. The SMILES string of the molecule is O/N=C1\CCc2cc(Nc3c(-c4ccncc4)sc4cnccc34)ccc21. The number of aromatic nitrogens is 2. The van der Waals surface area contributed by atoms with E-state index in [2.05, 4.69) is 26.5 Å². The minimum Gasteiger partial charge on any atom is -0.411 e. The molecule has 132 valence electrons. The van der Waals surface area contributed by atoms with E-state index in [0.717, 1.165) is 51.1 Å². The van der Waals surface area contributed by atoms with Crippen LogP contribution in [-0.2, 0) is 6.42 Å². The van der Waals surface area contributed by atoms with Crippen LogP contribution in [0.4, 0.5) is 11.4 Å². The second-order valence-electron chi connectivity index (χ2n) is 6.46. The number of anilines is 2. The van der Waals surface area contributed by atoms with Crippen LogP contribution in [0.3, 0.4) is 0 Å². The smallest absolute Gasteiger partial charge is 0.0873 e. The summed E-state index contributed by atoms with van der Waals surface area (Å²) in [6, 6.07) is 12.3. The van der Waals surface area contributed by atoms with E-state index in [9.17, 15) is 0 Å². The van der Waals surface area contributed by atoms with Gasteiger partial charge in [-0.05, 0) is 54.3 Å². The van der Waals surface area contributed by atoms with Gasteiger partial charge in [-0.25, -0.2) is 0 Å². The molecule has 4 aromatic rings. The van der Waals surface area contributed by atoms with Crippen molar-refractivity contribution < 1.29 is 5.21 Å². The van der Waals surface area contributed by atoms with E-state index >= 15 is 0 Å². The highest BCUT2D eigenvalue weighted by Gasteiger charge is 2.19. The molecule has 1 aliphatic rings. The van der Waals surface area contributed by atoms with Gasteiger partial charge in [-0.3, -0.25) is 9.97 Å². The molecule has 2 N–H and O–H groups in total. The number of rotatable bonds is 3. The zero-order chi connectivity index (χ0) is 18.2. The summed E-state index contributed by atoms with van der Waals surface area (Å²) >= 11 is 1.72. The lowest BCUT2D eigenvalue weighted by molar-refractivity contribution is 0.318. The van der Waals surface area contributed by atoms with Gasteiger partial charge in [0, 0.05) is 41.4 Å². The maximum absolute atomic E-state index is 9.13. The molecule has 5 nitrogen and oxygen atoms in total. The first-order valence-electron chi connectivity index (χ1n) is 8.71. The first-order valence-corrected chi connectivity index (χ1v) is 9.53. The Morgan fingerprint density at radius 1 is 1.00 bits per heavy atom. The average Bonchev–Trinajstić information content (AvgIpc) is 3.30. The van der Waals surface area contributed by atoms with Crippen LogP contribution in [0.5, 0.6) is 0 Å². The number of aryl methyl sites for hydroxylation is 1. The zero-order valence-electron chi connectivity index (χ0n) is 14.4. The number of hydrogen-bond donors (Lipinski definition) is 2. The van der Waals surface area contributed by atoms with Gasteiger partial charge < -0.3 is 10.5 Å². The topological polar surface area (TPSA) is 70.4 Å². The van der Waals surface area contributed by atoms with Crippen molar-refractivity contribution in [2.24, 2.45) is 5.16 Å². The third kappa shape index (κ3) is 2.74. The summed E-state index contributed by atoms with van der Waals surface area (Å²) in [6.45, 7) is 0. The van der Waals surface area contributed by atoms with Crippen LogP contribution in [0.25, 0.3) is 20.5 Å². The Labute approximate surface area is 160 Å². The lowest BCUT2D eigenvalue weighted by Crippen LogP contribution is -1.96. The summed E-state index contributed by atoms with van der Waals surface area (Å²) in [4.78, 5) is 9.56. The Morgan fingerprint density at radius 2 is 1.85 bits per heavy atom. The molecule has 3 heterocycles. The molecular weight excluding hydrogens is 356 g/mol. The van der Waals surface area contributed by atoms with Gasteiger partial charge in [0.05, 0.1) is 21.0 Å². The van der Waals surface area contributed by atoms with Gasteiger partial charge >= 0.3 is 0 Å². The number of hydrogen-bond acceptors (Lipinski definition) is 6. The third-order valence-electron chi connectivity index (χ3n) is 4.87. The molecule has 0 saturated carbocycles. The fraction of sp³-hybridized carbons (Fsp3) is 0.0952. The summed E-state index contributed by atoms with van der Waals surface area (Å²) in [5, 5.41) is 17.3. The van der Waals surface area contributed by atoms with Crippen molar-refractivity contribution in [2.45, 2.75) is 12.8 Å². The van der Waals surface area contributed by atoms with E-state index in [1.165, 1.54) is 10.4 Å². The van der Waals surface area contributed by atoms with Crippen LogP contribution in [0.15, 0.2) is 66.3 Å². The molecule has 0 amide bonds. The van der Waals surface area contributed by atoms with Crippen molar-refractivity contribution in [3.05, 3.63) is 72.3 Å². The van der Waals surface area contributed by atoms with Gasteiger partial charge in [0.1, 0.15) is 0 Å². The molecule has 5 rings (SSSR count). The Balaban J connectivity index is 1.61. The third-order valence-corrected chi connectivity index (χ3v) is 6.06. The van der Waals surface area contributed by atoms with Crippen molar-refractivity contribution in [1.29, 1.82) is 0 Å². The first kappa shape index (κ1) is 16.0. The number of fused-ring (bicyclic) bond motifs is 2. The fourth-order valence-corrected chi connectivity index (χ4v) is 4.71. The van der Waals surface area contributed by atoms with Gasteiger partial charge in [-0.15, -0.1) is 11.3 Å². The number of nitrogens with zero attached hydrogens (tertiary/aromatic N) is 3. The number of benzene rings is 1. The van der Waals surface area contributed by atoms with E-state index in [0.29, 0.717) is 0 Å². The van der Waals surface area contributed by atoms with Gasteiger partial charge in [0.2, 0.25) is 0 Å². The van der Waals surface area contributed by atoms with Crippen molar-refractivity contribution in [3.8, 4) is 10.4 Å². The van der Waals surface area contributed by atoms with Crippen molar-refractivity contribution in [1.82, 2.24) is 9.97 Å². The quantitative estimate of drug-likeness (QED) is 0.382. The minimum atomic E-state index is 0.765. The van der Waals surface area contributed by atoms with E-state index in [-0.39, 0.29) is 0 Å². The van der Waals surface area contributed by atoms with Crippen LogP contribution in [0.1, 0.15) is 17.5 Å². The maximum Gasteiger partial charge on any atom is 0.0873 e. The second-order valence-corrected chi connectivity index (χ2v) is 7.51. The molecule has 1 aliphatic carbocycles.